The molecule has 0 heterocycles. The van der Waals surface area contributed by atoms with Crippen LogP contribution in [-0.4, -0.2) is 5.91 Å². The molecule has 5 heteroatoms. The van der Waals surface area contributed by atoms with Gasteiger partial charge in [0.2, 0.25) is 0 Å². The fourth-order valence-corrected chi connectivity index (χ4v) is 2.14. The van der Waals surface area contributed by atoms with E-state index in [0.29, 0.717) is 27.8 Å². The van der Waals surface area contributed by atoms with Crippen LogP contribution < -0.4 is 11.1 Å². The number of carbonyl (C=O) groups excluding carboxylic acids is 1. The first-order valence-corrected chi connectivity index (χ1v) is 6.41. The van der Waals surface area contributed by atoms with E-state index < -0.39 is 0 Å². The highest BCUT2D eigenvalue weighted by atomic mass is 35.5. The molecule has 0 saturated carbocycles. The molecule has 3 nitrogen and oxygen atoms in total. The molecule has 1 amide bonds. The van der Waals surface area contributed by atoms with Crippen molar-refractivity contribution in [3.8, 4) is 0 Å². The summed E-state index contributed by atoms with van der Waals surface area (Å²) in [6.45, 7) is 0.422. The van der Waals surface area contributed by atoms with E-state index in [1.54, 1.807) is 18.2 Å². The largest absolute Gasteiger partial charge is 0.326 e. The molecule has 19 heavy (non-hydrogen) atoms. The second-order valence-electron chi connectivity index (χ2n) is 3.98. The Morgan fingerprint density at radius 2 is 1.95 bits per heavy atom. The van der Waals surface area contributed by atoms with Gasteiger partial charge < -0.3 is 11.1 Å². The summed E-state index contributed by atoms with van der Waals surface area (Å²) >= 11 is 11.8. The van der Waals surface area contributed by atoms with Crippen molar-refractivity contribution in [3.63, 3.8) is 0 Å². The Hall–Kier alpha value is -1.55. The zero-order valence-electron chi connectivity index (χ0n) is 9.99. The maximum absolute atomic E-state index is 12.1. The van der Waals surface area contributed by atoms with Gasteiger partial charge in [0.15, 0.2) is 0 Å². The third kappa shape index (κ3) is 3.47. The summed E-state index contributed by atoms with van der Waals surface area (Å²) in [4.78, 5) is 12.1. The van der Waals surface area contributed by atoms with Gasteiger partial charge in [-0.15, -0.1) is 0 Å². The molecule has 0 radical (unpaired) electrons. The number of benzene rings is 2. The lowest BCUT2D eigenvalue weighted by atomic mass is 10.1. The minimum absolute atomic E-state index is 0.282. The van der Waals surface area contributed by atoms with E-state index in [1.165, 1.54) is 6.07 Å². The van der Waals surface area contributed by atoms with Gasteiger partial charge in [0, 0.05) is 17.3 Å². The Bertz CT molecular complexity index is 614. The molecular weight excluding hydrogens is 283 g/mol. The SMILES string of the molecule is NCc1cccc(NC(=O)c2ccc(Cl)cc2Cl)c1. The predicted octanol–water partition coefficient (Wildman–Crippen LogP) is 3.70. The Morgan fingerprint density at radius 1 is 1.16 bits per heavy atom. The van der Waals surface area contributed by atoms with E-state index in [2.05, 4.69) is 5.32 Å². The van der Waals surface area contributed by atoms with Crippen LogP contribution in [0.4, 0.5) is 5.69 Å². The molecule has 0 fully saturated rings. The normalized spacial score (nSPS) is 10.3. The molecule has 0 aliphatic carbocycles. The molecule has 0 saturated heterocycles. The monoisotopic (exact) mass is 294 g/mol. The maximum Gasteiger partial charge on any atom is 0.257 e. The van der Waals surface area contributed by atoms with Crippen LogP contribution in [-0.2, 0) is 6.54 Å². The Morgan fingerprint density at radius 3 is 2.63 bits per heavy atom. The van der Waals surface area contributed by atoms with E-state index in [9.17, 15) is 4.79 Å². The average molecular weight is 295 g/mol. The minimum atomic E-state index is -0.282. The van der Waals surface area contributed by atoms with Gasteiger partial charge in [-0.05, 0) is 35.9 Å². The van der Waals surface area contributed by atoms with E-state index in [-0.39, 0.29) is 5.91 Å². The van der Waals surface area contributed by atoms with Gasteiger partial charge in [-0.1, -0.05) is 35.3 Å². The van der Waals surface area contributed by atoms with Crippen molar-refractivity contribution in [2.75, 3.05) is 5.32 Å². The van der Waals surface area contributed by atoms with E-state index in [4.69, 9.17) is 28.9 Å². The summed E-state index contributed by atoms with van der Waals surface area (Å²) in [7, 11) is 0. The highest BCUT2D eigenvalue weighted by Gasteiger charge is 2.11. The van der Waals surface area contributed by atoms with Crippen molar-refractivity contribution < 1.29 is 4.79 Å². The van der Waals surface area contributed by atoms with Crippen molar-refractivity contribution in [3.05, 3.63) is 63.6 Å². The molecule has 3 N–H and O–H groups in total. The van der Waals surface area contributed by atoms with Gasteiger partial charge >= 0.3 is 0 Å². The van der Waals surface area contributed by atoms with Crippen LogP contribution in [0.25, 0.3) is 0 Å². The van der Waals surface area contributed by atoms with Gasteiger partial charge in [-0.2, -0.15) is 0 Å². The Kier molecular flexibility index (Phi) is 4.43. The van der Waals surface area contributed by atoms with Gasteiger partial charge in [-0.3, -0.25) is 4.79 Å². The summed E-state index contributed by atoms with van der Waals surface area (Å²) in [5.74, 6) is -0.282. The van der Waals surface area contributed by atoms with E-state index >= 15 is 0 Å². The first-order chi connectivity index (χ1) is 9.10. The zero-order valence-corrected chi connectivity index (χ0v) is 11.5. The molecule has 0 spiro atoms. The van der Waals surface area contributed by atoms with Gasteiger partial charge in [0.05, 0.1) is 10.6 Å². The van der Waals surface area contributed by atoms with Gasteiger partial charge in [0.1, 0.15) is 0 Å². The highest BCUT2D eigenvalue weighted by Crippen LogP contribution is 2.22. The summed E-state index contributed by atoms with van der Waals surface area (Å²) in [6, 6.07) is 12.1. The number of anilines is 1. The van der Waals surface area contributed by atoms with Gasteiger partial charge in [-0.25, -0.2) is 0 Å². The fourth-order valence-electron chi connectivity index (χ4n) is 1.65. The van der Waals surface area contributed by atoms with Crippen LogP contribution in [0.5, 0.6) is 0 Å². The van der Waals surface area contributed by atoms with Crippen molar-refractivity contribution in [2.45, 2.75) is 6.54 Å². The molecule has 0 bridgehead atoms. The van der Waals surface area contributed by atoms with Crippen LogP contribution in [0.1, 0.15) is 15.9 Å². The maximum atomic E-state index is 12.1. The lowest BCUT2D eigenvalue weighted by Crippen LogP contribution is -2.12. The van der Waals surface area contributed by atoms with Crippen LogP contribution in [0.15, 0.2) is 42.5 Å². The highest BCUT2D eigenvalue weighted by molar-refractivity contribution is 6.37. The summed E-state index contributed by atoms with van der Waals surface area (Å²) in [5, 5.41) is 3.58. The lowest BCUT2D eigenvalue weighted by molar-refractivity contribution is 0.102. The van der Waals surface area contributed by atoms with Crippen LogP contribution >= 0.6 is 23.2 Å². The number of amides is 1. The van der Waals surface area contributed by atoms with Crippen LogP contribution in [0.2, 0.25) is 10.0 Å². The van der Waals surface area contributed by atoms with E-state index in [1.807, 2.05) is 18.2 Å². The standard InChI is InChI=1S/C14H12Cl2N2O/c15-10-4-5-12(13(16)7-10)14(19)18-11-3-1-2-9(6-11)8-17/h1-7H,8,17H2,(H,18,19). The predicted molar refractivity (Wildman–Crippen MR) is 78.7 cm³/mol. The molecule has 0 aliphatic rings. The van der Waals surface area contributed by atoms with Crippen molar-refractivity contribution in [2.24, 2.45) is 5.73 Å². The molecule has 0 unspecified atom stereocenters. The molecular formula is C14H12Cl2N2O. The number of carbonyl (C=O) groups is 1. The number of hydrogen-bond donors (Lipinski definition) is 2. The molecule has 0 atom stereocenters. The summed E-state index contributed by atoms with van der Waals surface area (Å²) in [5.41, 5.74) is 7.56. The van der Waals surface area contributed by atoms with Crippen molar-refractivity contribution in [1.82, 2.24) is 0 Å². The topological polar surface area (TPSA) is 55.1 Å². The Labute approximate surface area is 121 Å². The quantitative estimate of drug-likeness (QED) is 0.907. The third-order valence-electron chi connectivity index (χ3n) is 2.60. The van der Waals surface area contributed by atoms with Crippen LogP contribution in [0.3, 0.4) is 0 Å². The lowest BCUT2D eigenvalue weighted by Gasteiger charge is -2.08. The molecule has 0 aliphatic heterocycles. The second-order valence-corrected chi connectivity index (χ2v) is 4.83. The first-order valence-electron chi connectivity index (χ1n) is 5.65. The van der Waals surface area contributed by atoms with E-state index in [0.717, 1.165) is 5.56 Å². The smallest absolute Gasteiger partial charge is 0.257 e. The van der Waals surface area contributed by atoms with Crippen LogP contribution in [0, 0.1) is 0 Å². The molecule has 98 valence electrons. The Balaban J connectivity index is 2.20. The summed E-state index contributed by atoms with van der Waals surface area (Å²) in [6.07, 6.45) is 0. The minimum Gasteiger partial charge on any atom is -0.326 e. The molecule has 2 rings (SSSR count). The summed E-state index contributed by atoms with van der Waals surface area (Å²) < 4.78 is 0. The first kappa shape index (κ1) is 13.9. The molecule has 0 aromatic heterocycles. The number of hydrogen-bond acceptors (Lipinski definition) is 2. The fraction of sp³-hybridized carbons (Fsp3) is 0.0714. The zero-order chi connectivity index (χ0) is 13.8. The number of nitrogens with two attached hydrogens (primary N) is 1. The second kappa shape index (κ2) is 6.06. The van der Waals surface area contributed by atoms with Crippen molar-refractivity contribution in [1.29, 1.82) is 0 Å². The van der Waals surface area contributed by atoms with Crippen molar-refractivity contribution >= 4 is 34.8 Å². The number of rotatable bonds is 3. The molecule has 2 aromatic rings. The third-order valence-corrected chi connectivity index (χ3v) is 3.14. The number of nitrogens with one attached hydrogen (secondary N) is 1. The number of halogens is 2. The molecule has 2 aromatic carbocycles. The average Bonchev–Trinajstić information content (AvgIpc) is 2.38. The van der Waals surface area contributed by atoms with Gasteiger partial charge in [0.25, 0.3) is 5.91 Å².